The molecule has 3 heterocycles. The van der Waals surface area contributed by atoms with Crippen molar-refractivity contribution in [3.8, 4) is 11.1 Å². The van der Waals surface area contributed by atoms with Crippen LogP contribution in [-0.2, 0) is 10.2 Å². The van der Waals surface area contributed by atoms with E-state index in [0.717, 1.165) is 29.7 Å². The summed E-state index contributed by atoms with van der Waals surface area (Å²) in [4.78, 5) is 25.4. The van der Waals surface area contributed by atoms with Gasteiger partial charge < -0.3 is 4.98 Å². The second kappa shape index (κ2) is 9.04. The van der Waals surface area contributed by atoms with Gasteiger partial charge in [-0.05, 0) is 55.9 Å². The van der Waals surface area contributed by atoms with Crippen molar-refractivity contribution in [3.63, 3.8) is 0 Å². The van der Waals surface area contributed by atoms with Crippen molar-refractivity contribution in [1.82, 2.24) is 19.3 Å². The fraction of sp³-hybridized carbons (Fsp3) is 0.296. The van der Waals surface area contributed by atoms with E-state index in [1.807, 2.05) is 18.2 Å². The highest BCUT2D eigenvalue weighted by Crippen LogP contribution is 2.39. The normalized spacial score (nSPS) is 15.9. The Morgan fingerprint density at radius 3 is 2.57 bits per heavy atom. The minimum Gasteiger partial charge on any atom is -0.345 e. The van der Waals surface area contributed by atoms with E-state index in [9.17, 15) is 13.2 Å². The third kappa shape index (κ3) is 4.74. The summed E-state index contributed by atoms with van der Waals surface area (Å²) >= 11 is 0. The number of carbonyl (C=O) groups is 1. The number of benzene rings is 1. The van der Waals surface area contributed by atoms with Crippen LogP contribution in [0.1, 0.15) is 53.2 Å². The standard InChI is InChI=1S/C27H26FN5O3S/c1-33(15-16-5-6-16)37(35,36)32-24-4-2-3-20(25(24)28)26(34)22-14-31-27-21(22)11-19(13-30-27)18-9-10-23(29-12-18)17-7-8-17/h2-4,9-14,16-17,32H,5-8,15H2,1H3,(H,30,31). The van der Waals surface area contributed by atoms with Gasteiger partial charge in [0.1, 0.15) is 5.65 Å². The molecule has 37 heavy (non-hydrogen) atoms. The van der Waals surface area contributed by atoms with Gasteiger partial charge in [0.25, 0.3) is 0 Å². The van der Waals surface area contributed by atoms with E-state index in [1.165, 1.54) is 48.6 Å². The van der Waals surface area contributed by atoms with Gasteiger partial charge in [-0.1, -0.05) is 12.1 Å². The molecule has 2 aliphatic rings. The smallest absolute Gasteiger partial charge is 0.301 e. The van der Waals surface area contributed by atoms with E-state index in [1.54, 1.807) is 12.4 Å². The number of rotatable bonds is 9. The summed E-state index contributed by atoms with van der Waals surface area (Å²) in [5.74, 6) is -0.601. The van der Waals surface area contributed by atoms with Gasteiger partial charge in [0.15, 0.2) is 11.6 Å². The van der Waals surface area contributed by atoms with Crippen molar-refractivity contribution in [2.45, 2.75) is 31.6 Å². The Hall–Kier alpha value is -3.63. The maximum Gasteiger partial charge on any atom is 0.301 e. The van der Waals surface area contributed by atoms with Gasteiger partial charge in [-0.15, -0.1) is 0 Å². The Bertz CT molecular complexity index is 1610. The minimum atomic E-state index is -3.95. The van der Waals surface area contributed by atoms with Gasteiger partial charge in [-0.3, -0.25) is 14.5 Å². The average Bonchev–Trinajstić information content (AvgIpc) is 3.83. The Balaban J connectivity index is 1.29. The molecule has 0 spiro atoms. The first kappa shape index (κ1) is 23.7. The summed E-state index contributed by atoms with van der Waals surface area (Å²) < 4.78 is 44.3. The molecule has 0 amide bonds. The van der Waals surface area contributed by atoms with Crippen LogP contribution in [0.3, 0.4) is 0 Å². The molecule has 0 bridgehead atoms. The summed E-state index contributed by atoms with van der Waals surface area (Å²) in [6.45, 7) is 0.374. The number of hydrogen-bond acceptors (Lipinski definition) is 5. The minimum absolute atomic E-state index is 0.230. The molecule has 0 atom stereocenters. The molecule has 1 aromatic carbocycles. The summed E-state index contributed by atoms with van der Waals surface area (Å²) in [6, 6.07) is 9.96. The second-order valence-electron chi connectivity index (χ2n) is 9.90. The van der Waals surface area contributed by atoms with Crippen LogP contribution < -0.4 is 4.72 Å². The zero-order valence-corrected chi connectivity index (χ0v) is 21.1. The number of H-pyrrole nitrogens is 1. The van der Waals surface area contributed by atoms with Crippen LogP contribution >= 0.6 is 0 Å². The number of ketones is 1. The van der Waals surface area contributed by atoms with Gasteiger partial charge in [-0.2, -0.15) is 12.7 Å². The molecule has 0 saturated heterocycles. The van der Waals surface area contributed by atoms with E-state index >= 15 is 4.39 Å². The summed E-state index contributed by atoms with van der Waals surface area (Å²) in [5.41, 5.74) is 2.99. The van der Waals surface area contributed by atoms with Crippen LogP contribution in [0.5, 0.6) is 0 Å². The SMILES string of the molecule is CN(CC1CC1)S(=O)(=O)Nc1cccc(C(=O)c2c[nH]c3ncc(-c4ccc(C5CC5)nc4)cc23)c1F. The number of nitrogens with one attached hydrogen (secondary N) is 2. The molecular formula is C27H26FN5O3S. The number of hydrogen-bond donors (Lipinski definition) is 2. The quantitative estimate of drug-likeness (QED) is 0.307. The third-order valence-electron chi connectivity index (χ3n) is 7.00. The fourth-order valence-electron chi connectivity index (χ4n) is 4.46. The fourth-order valence-corrected chi connectivity index (χ4v) is 5.45. The lowest BCUT2D eigenvalue weighted by atomic mass is 10.0. The first-order chi connectivity index (χ1) is 17.8. The zero-order chi connectivity index (χ0) is 25.7. The first-order valence-electron chi connectivity index (χ1n) is 12.3. The van der Waals surface area contributed by atoms with Gasteiger partial charge in [-0.25, -0.2) is 9.37 Å². The summed E-state index contributed by atoms with van der Waals surface area (Å²) in [7, 11) is -2.50. The molecule has 6 rings (SSSR count). The lowest BCUT2D eigenvalue weighted by Crippen LogP contribution is -2.34. The Morgan fingerprint density at radius 2 is 1.86 bits per heavy atom. The maximum atomic E-state index is 15.4. The molecule has 2 fully saturated rings. The largest absolute Gasteiger partial charge is 0.345 e. The van der Waals surface area contributed by atoms with Crippen molar-refractivity contribution in [2.24, 2.45) is 5.92 Å². The number of aromatic nitrogens is 3. The predicted molar refractivity (Wildman–Crippen MR) is 139 cm³/mol. The number of pyridine rings is 2. The van der Waals surface area contributed by atoms with Gasteiger partial charge in [0.2, 0.25) is 0 Å². The van der Waals surface area contributed by atoms with E-state index < -0.39 is 21.8 Å². The van der Waals surface area contributed by atoms with E-state index in [4.69, 9.17) is 0 Å². The summed E-state index contributed by atoms with van der Waals surface area (Å²) in [6.07, 6.45) is 9.33. The third-order valence-corrected chi connectivity index (χ3v) is 8.44. The van der Waals surface area contributed by atoms with E-state index in [-0.39, 0.29) is 16.8 Å². The molecule has 2 aliphatic carbocycles. The number of aromatic amines is 1. The molecule has 0 radical (unpaired) electrons. The monoisotopic (exact) mass is 519 g/mol. The highest BCUT2D eigenvalue weighted by Gasteiger charge is 2.29. The highest BCUT2D eigenvalue weighted by atomic mass is 32.2. The Labute approximate surface area is 214 Å². The highest BCUT2D eigenvalue weighted by molar-refractivity contribution is 7.90. The molecule has 8 nitrogen and oxygen atoms in total. The number of anilines is 1. The molecule has 10 heteroatoms. The molecular weight excluding hydrogens is 493 g/mol. The molecule has 2 N–H and O–H groups in total. The predicted octanol–water partition coefficient (Wildman–Crippen LogP) is 4.87. The van der Waals surface area contributed by atoms with Gasteiger partial charge in [0.05, 0.1) is 11.3 Å². The maximum absolute atomic E-state index is 15.4. The zero-order valence-electron chi connectivity index (χ0n) is 20.2. The van der Waals surface area contributed by atoms with Crippen LogP contribution in [0.25, 0.3) is 22.2 Å². The van der Waals surface area contributed by atoms with E-state index in [0.29, 0.717) is 29.4 Å². The summed E-state index contributed by atoms with van der Waals surface area (Å²) in [5, 5.41) is 0.545. The molecule has 4 aromatic rings. The lowest BCUT2D eigenvalue weighted by Gasteiger charge is -2.18. The van der Waals surface area contributed by atoms with Crippen LogP contribution in [0.15, 0.2) is 55.0 Å². The topological polar surface area (TPSA) is 108 Å². The van der Waals surface area contributed by atoms with Gasteiger partial charge >= 0.3 is 10.2 Å². The second-order valence-corrected chi connectivity index (χ2v) is 11.7. The van der Waals surface area contributed by atoms with Crippen molar-refractivity contribution in [2.75, 3.05) is 18.3 Å². The lowest BCUT2D eigenvalue weighted by molar-refractivity contribution is 0.103. The van der Waals surface area contributed by atoms with Crippen LogP contribution in [0.4, 0.5) is 10.1 Å². The van der Waals surface area contributed by atoms with Gasteiger partial charge in [0, 0.05) is 65.9 Å². The van der Waals surface area contributed by atoms with Crippen LogP contribution in [0.2, 0.25) is 0 Å². The molecule has 2 saturated carbocycles. The molecule has 0 unspecified atom stereocenters. The number of nitrogens with zero attached hydrogens (tertiary/aromatic N) is 3. The van der Waals surface area contributed by atoms with Crippen LogP contribution in [0, 0.1) is 11.7 Å². The molecule has 190 valence electrons. The van der Waals surface area contributed by atoms with Crippen LogP contribution in [-0.4, -0.2) is 47.1 Å². The van der Waals surface area contributed by atoms with E-state index in [2.05, 4.69) is 19.7 Å². The van der Waals surface area contributed by atoms with Crippen molar-refractivity contribution >= 4 is 32.7 Å². The Kier molecular flexibility index (Phi) is 5.80. The number of carbonyl (C=O) groups excluding carboxylic acids is 1. The first-order valence-corrected chi connectivity index (χ1v) is 13.7. The Morgan fingerprint density at radius 1 is 1.08 bits per heavy atom. The number of halogens is 1. The van der Waals surface area contributed by atoms with Crippen molar-refractivity contribution < 1.29 is 17.6 Å². The molecule has 3 aromatic heterocycles. The molecule has 0 aliphatic heterocycles. The number of fused-ring (bicyclic) bond motifs is 1. The van der Waals surface area contributed by atoms with Crippen molar-refractivity contribution in [3.05, 3.63) is 77.6 Å². The van der Waals surface area contributed by atoms with Crippen molar-refractivity contribution in [1.29, 1.82) is 0 Å². The average molecular weight is 520 g/mol.